The van der Waals surface area contributed by atoms with Crippen LogP contribution in [0, 0.1) is 5.92 Å². The van der Waals surface area contributed by atoms with Crippen LogP contribution >= 0.6 is 0 Å². The third kappa shape index (κ3) is 3.94. The summed E-state index contributed by atoms with van der Waals surface area (Å²) in [7, 11) is 0. The van der Waals surface area contributed by atoms with Gasteiger partial charge >= 0.3 is 0 Å². The minimum Gasteiger partial charge on any atom is -0.312 e. The van der Waals surface area contributed by atoms with Gasteiger partial charge in [0.1, 0.15) is 0 Å². The molecule has 0 amide bonds. The van der Waals surface area contributed by atoms with Crippen molar-refractivity contribution < 1.29 is 0 Å². The minimum absolute atomic E-state index is 0.338. The average Bonchev–Trinajstić information content (AvgIpc) is 3.51. The first-order chi connectivity index (χ1) is 20.6. The number of para-hydroxylation sites is 2. The van der Waals surface area contributed by atoms with Gasteiger partial charge in [-0.15, -0.1) is 0 Å². The van der Waals surface area contributed by atoms with Gasteiger partial charge in [-0.25, -0.2) is 0 Å². The summed E-state index contributed by atoms with van der Waals surface area (Å²) in [6, 6.07) is 28.8. The number of rotatable bonds is 4. The van der Waals surface area contributed by atoms with Crippen molar-refractivity contribution in [3.8, 4) is 5.69 Å². The van der Waals surface area contributed by atoms with Crippen LogP contribution in [0.3, 0.4) is 0 Å². The number of benzene rings is 4. The second-order valence-corrected chi connectivity index (χ2v) is 11.2. The Bertz CT molecular complexity index is 2170. The van der Waals surface area contributed by atoms with E-state index in [2.05, 4.69) is 151 Å². The van der Waals surface area contributed by atoms with Crippen molar-refractivity contribution in [2.24, 2.45) is 5.92 Å². The summed E-state index contributed by atoms with van der Waals surface area (Å²) in [5.74, 6) is 0.338. The summed E-state index contributed by atoms with van der Waals surface area (Å²) in [6.07, 6.45) is 17.9. The molecule has 6 aromatic rings. The fourth-order valence-corrected chi connectivity index (χ4v) is 6.79. The highest BCUT2D eigenvalue weighted by Crippen LogP contribution is 2.42. The van der Waals surface area contributed by atoms with Crippen LogP contribution in [-0.4, -0.2) is 9.13 Å². The van der Waals surface area contributed by atoms with Gasteiger partial charge in [0.25, 0.3) is 0 Å². The molecule has 2 heteroatoms. The van der Waals surface area contributed by atoms with Crippen molar-refractivity contribution in [1.29, 1.82) is 0 Å². The maximum absolute atomic E-state index is 4.17. The Labute approximate surface area is 247 Å². The lowest BCUT2D eigenvalue weighted by Gasteiger charge is -2.21. The van der Waals surface area contributed by atoms with Crippen molar-refractivity contribution >= 4 is 61.5 Å². The van der Waals surface area contributed by atoms with E-state index in [9.17, 15) is 0 Å². The molecule has 0 radical (unpaired) electrons. The summed E-state index contributed by atoms with van der Waals surface area (Å²) < 4.78 is 4.92. The molecular formula is C40H34N2. The van der Waals surface area contributed by atoms with Crippen LogP contribution < -0.4 is 0 Å². The van der Waals surface area contributed by atoms with Gasteiger partial charge in [0.15, 0.2) is 0 Å². The summed E-state index contributed by atoms with van der Waals surface area (Å²) in [4.78, 5) is 0. The third-order valence-corrected chi connectivity index (χ3v) is 8.66. The lowest BCUT2D eigenvalue weighted by Crippen LogP contribution is -2.08. The van der Waals surface area contributed by atoms with Crippen molar-refractivity contribution in [2.75, 3.05) is 0 Å². The lowest BCUT2D eigenvalue weighted by molar-refractivity contribution is 0.727. The van der Waals surface area contributed by atoms with Crippen LogP contribution in [0.2, 0.25) is 0 Å². The van der Waals surface area contributed by atoms with Gasteiger partial charge in [0.2, 0.25) is 0 Å². The summed E-state index contributed by atoms with van der Waals surface area (Å²) >= 11 is 0. The van der Waals surface area contributed by atoms with Crippen LogP contribution in [0.5, 0.6) is 0 Å². The van der Waals surface area contributed by atoms with E-state index >= 15 is 0 Å². The van der Waals surface area contributed by atoms with Crippen LogP contribution in [0.4, 0.5) is 0 Å². The Morgan fingerprint density at radius 1 is 0.667 bits per heavy atom. The molecule has 0 aliphatic heterocycles. The summed E-state index contributed by atoms with van der Waals surface area (Å²) in [5.41, 5.74) is 10.7. The van der Waals surface area contributed by atoms with Crippen molar-refractivity contribution in [1.82, 2.24) is 9.13 Å². The Morgan fingerprint density at radius 3 is 2.00 bits per heavy atom. The number of nitrogens with zero attached hydrogens (tertiary/aromatic N) is 2. The zero-order chi connectivity index (χ0) is 28.8. The molecule has 4 aromatic carbocycles. The molecule has 1 atom stereocenters. The highest BCUT2D eigenvalue weighted by molar-refractivity contribution is 6.19. The molecule has 0 spiro atoms. The van der Waals surface area contributed by atoms with Crippen LogP contribution in [-0.2, 0) is 0 Å². The molecule has 1 aliphatic carbocycles. The molecule has 2 aromatic heterocycles. The predicted octanol–water partition coefficient (Wildman–Crippen LogP) is 11.1. The largest absolute Gasteiger partial charge is 0.312 e. The highest BCUT2D eigenvalue weighted by atomic mass is 15.0. The topological polar surface area (TPSA) is 9.86 Å². The van der Waals surface area contributed by atoms with E-state index < -0.39 is 0 Å². The first kappa shape index (κ1) is 25.9. The molecule has 0 saturated heterocycles. The van der Waals surface area contributed by atoms with Crippen molar-refractivity contribution in [3.05, 3.63) is 145 Å². The quantitative estimate of drug-likeness (QED) is 0.210. The van der Waals surface area contributed by atoms with E-state index in [1.807, 2.05) is 12.2 Å². The predicted molar refractivity (Wildman–Crippen MR) is 184 cm³/mol. The van der Waals surface area contributed by atoms with Crippen LogP contribution in [0.25, 0.3) is 67.1 Å². The number of hydrogen-bond acceptors (Lipinski definition) is 0. The highest BCUT2D eigenvalue weighted by Gasteiger charge is 2.22. The molecule has 2 heterocycles. The molecule has 204 valence electrons. The van der Waals surface area contributed by atoms with E-state index in [0.717, 1.165) is 23.2 Å². The number of fused-ring (bicyclic) bond motifs is 6. The first-order valence-corrected chi connectivity index (χ1v) is 14.7. The Kier molecular flexibility index (Phi) is 6.40. The molecule has 42 heavy (non-hydrogen) atoms. The molecule has 1 unspecified atom stereocenters. The molecule has 1 aliphatic rings. The van der Waals surface area contributed by atoms with E-state index in [4.69, 9.17) is 0 Å². The van der Waals surface area contributed by atoms with Crippen LogP contribution in [0.15, 0.2) is 134 Å². The van der Waals surface area contributed by atoms with Gasteiger partial charge in [0.05, 0.1) is 27.8 Å². The maximum Gasteiger partial charge on any atom is 0.0549 e. The molecule has 2 nitrogen and oxygen atoms in total. The second-order valence-electron chi connectivity index (χ2n) is 11.2. The van der Waals surface area contributed by atoms with E-state index in [0.29, 0.717) is 5.92 Å². The SMILES string of the molecule is C=Cc1cccc(-n2c3ccccc3c3cc4c(cc32)c2ccccc2n4\C2=C(C)/C=C\C=C/C=C/CC2C)c1C=C. The van der Waals surface area contributed by atoms with Gasteiger partial charge in [0, 0.05) is 38.7 Å². The number of hydrogen-bond donors (Lipinski definition) is 0. The monoisotopic (exact) mass is 542 g/mol. The molecule has 0 bridgehead atoms. The van der Waals surface area contributed by atoms with E-state index in [1.165, 1.54) is 54.9 Å². The average molecular weight is 543 g/mol. The minimum atomic E-state index is 0.338. The third-order valence-electron chi connectivity index (χ3n) is 8.66. The van der Waals surface area contributed by atoms with Crippen LogP contribution in [0.1, 0.15) is 31.4 Å². The Balaban J connectivity index is 1.64. The fourth-order valence-electron chi connectivity index (χ4n) is 6.79. The fraction of sp³-hybridized carbons (Fsp3) is 0.100. The Morgan fingerprint density at radius 2 is 1.31 bits per heavy atom. The smallest absolute Gasteiger partial charge is 0.0549 e. The first-order valence-electron chi connectivity index (χ1n) is 14.7. The van der Waals surface area contributed by atoms with Crippen molar-refractivity contribution in [3.63, 3.8) is 0 Å². The molecular weight excluding hydrogens is 508 g/mol. The second kappa shape index (κ2) is 10.4. The van der Waals surface area contributed by atoms with Crippen molar-refractivity contribution in [2.45, 2.75) is 20.3 Å². The normalized spacial score (nSPS) is 19.8. The van der Waals surface area contributed by atoms with Gasteiger partial charge in [-0.05, 0) is 54.8 Å². The van der Waals surface area contributed by atoms with Gasteiger partial charge in [-0.1, -0.05) is 117 Å². The zero-order valence-corrected chi connectivity index (χ0v) is 24.2. The Hall–Kier alpha value is -5.08. The summed E-state index contributed by atoms with van der Waals surface area (Å²) in [6.45, 7) is 12.8. The maximum atomic E-state index is 4.17. The molecule has 0 N–H and O–H groups in total. The molecule has 7 rings (SSSR count). The van der Waals surface area contributed by atoms with Gasteiger partial charge < -0.3 is 9.13 Å². The van der Waals surface area contributed by atoms with Gasteiger partial charge in [-0.2, -0.15) is 0 Å². The zero-order valence-electron chi connectivity index (χ0n) is 24.2. The number of aromatic nitrogens is 2. The lowest BCUT2D eigenvalue weighted by atomic mass is 9.97. The number of allylic oxidation sites excluding steroid dienone is 8. The van der Waals surface area contributed by atoms with E-state index in [-0.39, 0.29) is 0 Å². The van der Waals surface area contributed by atoms with Gasteiger partial charge in [-0.3, -0.25) is 0 Å². The summed E-state index contributed by atoms with van der Waals surface area (Å²) in [5, 5.41) is 5.00. The molecule has 0 fully saturated rings. The standard InChI is InChI=1S/C40H34N2/c1-5-29-19-16-24-35(30(29)6-2)41-36-22-14-12-20-31(36)33-26-39-34(25-38(33)41)32-21-13-15-23-37(32)42(39)40-27(3)17-10-8-7-9-11-18-28(40)4/h5-17,19-26,28H,1-2,18H2,3-4H3/b8-7-,11-9+,17-10-,40-27-. The molecule has 0 saturated carbocycles. The van der Waals surface area contributed by atoms with E-state index in [1.54, 1.807) is 0 Å².